The van der Waals surface area contributed by atoms with Crippen LogP contribution >= 0.6 is 0 Å². The molecule has 1 aromatic rings. The lowest BCUT2D eigenvalue weighted by Crippen LogP contribution is -2.21. The van der Waals surface area contributed by atoms with Gasteiger partial charge in [-0.25, -0.2) is 0 Å². The van der Waals surface area contributed by atoms with Gasteiger partial charge in [0.05, 0.1) is 7.11 Å². The molecule has 2 rings (SSSR count). The molecule has 1 N–H and O–H groups in total. The van der Waals surface area contributed by atoms with Crippen LogP contribution in [0, 0.1) is 5.92 Å². The Kier molecular flexibility index (Phi) is 4.83. The molecule has 0 bridgehead atoms. The molecule has 1 saturated carbocycles. The molecule has 0 spiro atoms. The normalized spacial score (nSPS) is 16.7. The molecule has 1 aliphatic rings. The summed E-state index contributed by atoms with van der Waals surface area (Å²) in [6, 6.07) is 6.87. The lowest BCUT2D eigenvalue weighted by atomic mass is 10.0. The number of rotatable bonds is 7. The van der Waals surface area contributed by atoms with Gasteiger partial charge < -0.3 is 15.0 Å². The number of hydrogen-bond acceptors (Lipinski definition) is 3. The van der Waals surface area contributed by atoms with Crippen LogP contribution in [0.5, 0.6) is 5.75 Å². The van der Waals surface area contributed by atoms with Gasteiger partial charge in [0.1, 0.15) is 5.75 Å². The van der Waals surface area contributed by atoms with Crippen molar-refractivity contribution in [3.05, 3.63) is 29.3 Å². The Balaban J connectivity index is 2.10. The van der Waals surface area contributed by atoms with Crippen molar-refractivity contribution in [2.45, 2.75) is 32.4 Å². The monoisotopic (exact) mass is 262 g/mol. The fraction of sp³-hybridized carbons (Fsp3) is 0.625. The van der Waals surface area contributed by atoms with Crippen LogP contribution in [-0.2, 0) is 6.54 Å². The first-order valence-corrected chi connectivity index (χ1v) is 7.16. The van der Waals surface area contributed by atoms with Gasteiger partial charge in [0, 0.05) is 24.7 Å². The van der Waals surface area contributed by atoms with E-state index in [1.165, 1.54) is 30.5 Å². The third-order valence-corrected chi connectivity index (χ3v) is 3.94. The van der Waals surface area contributed by atoms with E-state index in [2.05, 4.69) is 42.4 Å². The zero-order valence-corrected chi connectivity index (χ0v) is 12.6. The van der Waals surface area contributed by atoms with Crippen molar-refractivity contribution in [2.75, 3.05) is 27.7 Å². The van der Waals surface area contributed by atoms with E-state index in [1.54, 1.807) is 7.11 Å². The second-order valence-electron chi connectivity index (χ2n) is 5.72. The van der Waals surface area contributed by atoms with Crippen molar-refractivity contribution < 1.29 is 4.74 Å². The van der Waals surface area contributed by atoms with Gasteiger partial charge in [-0.05, 0) is 57.5 Å². The van der Waals surface area contributed by atoms with E-state index in [0.29, 0.717) is 6.04 Å². The second-order valence-corrected chi connectivity index (χ2v) is 5.72. The quantitative estimate of drug-likeness (QED) is 0.818. The van der Waals surface area contributed by atoms with Gasteiger partial charge in [0.2, 0.25) is 0 Å². The van der Waals surface area contributed by atoms with Gasteiger partial charge in [0.25, 0.3) is 0 Å². The summed E-state index contributed by atoms with van der Waals surface area (Å²) >= 11 is 0. The minimum atomic E-state index is 0.374. The molecule has 1 fully saturated rings. The number of benzene rings is 1. The summed E-state index contributed by atoms with van der Waals surface area (Å²) in [6.07, 6.45) is 2.80. The van der Waals surface area contributed by atoms with E-state index < -0.39 is 0 Å². The fourth-order valence-electron chi connectivity index (χ4n) is 2.45. The molecule has 1 unspecified atom stereocenters. The maximum absolute atomic E-state index is 5.49. The Labute approximate surface area is 116 Å². The Morgan fingerprint density at radius 1 is 1.42 bits per heavy atom. The van der Waals surface area contributed by atoms with E-state index >= 15 is 0 Å². The summed E-state index contributed by atoms with van der Waals surface area (Å²) in [6.45, 7) is 4.35. The minimum absolute atomic E-state index is 0.374. The summed E-state index contributed by atoms with van der Waals surface area (Å²) in [7, 11) is 5.95. The van der Waals surface area contributed by atoms with Crippen LogP contribution in [0.2, 0.25) is 0 Å². The zero-order chi connectivity index (χ0) is 13.8. The molecule has 19 heavy (non-hydrogen) atoms. The average Bonchev–Trinajstić information content (AvgIpc) is 3.21. The standard InChI is InChI=1S/C16H26N2O/c1-12(17-2)14-7-8-16(19-4)15(9-14)11-18(3)10-13-5-6-13/h7-9,12-13,17H,5-6,10-11H2,1-4H3. The summed E-state index contributed by atoms with van der Waals surface area (Å²) < 4.78 is 5.49. The van der Waals surface area contributed by atoms with Crippen LogP contribution in [0.4, 0.5) is 0 Å². The zero-order valence-electron chi connectivity index (χ0n) is 12.6. The highest BCUT2D eigenvalue weighted by Gasteiger charge is 2.23. The number of hydrogen-bond donors (Lipinski definition) is 1. The summed E-state index contributed by atoms with van der Waals surface area (Å²) in [5.41, 5.74) is 2.60. The van der Waals surface area contributed by atoms with Crippen molar-refractivity contribution in [3.63, 3.8) is 0 Å². The number of methoxy groups -OCH3 is 1. The van der Waals surface area contributed by atoms with Crippen molar-refractivity contribution in [3.8, 4) is 5.75 Å². The molecule has 1 aromatic carbocycles. The predicted molar refractivity (Wildman–Crippen MR) is 79.5 cm³/mol. The van der Waals surface area contributed by atoms with Crippen LogP contribution in [0.25, 0.3) is 0 Å². The number of nitrogens with zero attached hydrogens (tertiary/aromatic N) is 1. The van der Waals surface area contributed by atoms with Crippen molar-refractivity contribution in [1.82, 2.24) is 10.2 Å². The lowest BCUT2D eigenvalue weighted by Gasteiger charge is -2.20. The summed E-state index contributed by atoms with van der Waals surface area (Å²) in [5.74, 6) is 1.92. The van der Waals surface area contributed by atoms with E-state index in [1.807, 2.05) is 7.05 Å². The van der Waals surface area contributed by atoms with Crippen LogP contribution in [0.15, 0.2) is 18.2 Å². The molecule has 0 aliphatic heterocycles. The van der Waals surface area contributed by atoms with Crippen molar-refractivity contribution >= 4 is 0 Å². The summed E-state index contributed by atoms with van der Waals surface area (Å²) in [5, 5.41) is 3.29. The van der Waals surface area contributed by atoms with Crippen molar-refractivity contribution in [1.29, 1.82) is 0 Å². The smallest absolute Gasteiger partial charge is 0.123 e. The van der Waals surface area contributed by atoms with Crippen LogP contribution in [0.1, 0.15) is 36.9 Å². The van der Waals surface area contributed by atoms with Gasteiger partial charge >= 0.3 is 0 Å². The van der Waals surface area contributed by atoms with E-state index in [-0.39, 0.29) is 0 Å². The molecule has 1 atom stereocenters. The SMILES string of the molecule is CNC(C)c1ccc(OC)c(CN(C)CC2CC2)c1. The van der Waals surface area contributed by atoms with Gasteiger partial charge in [-0.2, -0.15) is 0 Å². The van der Waals surface area contributed by atoms with E-state index in [0.717, 1.165) is 18.2 Å². The molecule has 0 amide bonds. The lowest BCUT2D eigenvalue weighted by molar-refractivity contribution is 0.305. The largest absolute Gasteiger partial charge is 0.496 e. The Morgan fingerprint density at radius 3 is 2.74 bits per heavy atom. The molecular formula is C16H26N2O. The minimum Gasteiger partial charge on any atom is -0.496 e. The van der Waals surface area contributed by atoms with Gasteiger partial charge in [-0.3, -0.25) is 0 Å². The number of nitrogens with one attached hydrogen (secondary N) is 1. The van der Waals surface area contributed by atoms with Crippen LogP contribution < -0.4 is 10.1 Å². The van der Waals surface area contributed by atoms with Crippen molar-refractivity contribution in [2.24, 2.45) is 5.92 Å². The molecule has 106 valence electrons. The van der Waals surface area contributed by atoms with E-state index in [9.17, 15) is 0 Å². The van der Waals surface area contributed by atoms with Gasteiger partial charge in [-0.15, -0.1) is 0 Å². The topological polar surface area (TPSA) is 24.5 Å². The average molecular weight is 262 g/mol. The highest BCUT2D eigenvalue weighted by atomic mass is 16.5. The molecule has 0 radical (unpaired) electrons. The Morgan fingerprint density at radius 2 is 2.16 bits per heavy atom. The molecule has 1 aliphatic carbocycles. The first-order valence-electron chi connectivity index (χ1n) is 7.16. The molecule has 3 nitrogen and oxygen atoms in total. The first kappa shape index (κ1) is 14.4. The molecule has 0 heterocycles. The highest BCUT2D eigenvalue weighted by Crippen LogP contribution is 2.30. The molecule has 3 heteroatoms. The predicted octanol–water partition coefficient (Wildman–Crippen LogP) is 2.82. The third-order valence-electron chi connectivity index (χ3n) is 3.94. The Bertz CT molecular complexity index is 415. The van der Waals surface area contributed by atoms with E-state index in [4.69, 9.17) is 4.74 Å². The molecule has 0 saturated heterocycles. The second kappa shape index (κ2) is 6.40. The number of ether oxygens (including phenoxy) is 1. The maximum Gasteiger partial charge on any atom is 0.123 e. The highest BCUT2D eigenvalue weighted by molar-refractivity contribution is 5.38. The van der Waals surface area contributed by atoms with Gasteiger partial charge in [-0.1, -0.05) is 6.07 Å². The maximum atomic E-state index is 5.49. The first-order chi connectivity index (χ1) is 9.13. The Hall–Kier alpha value is -1.06. The van der Waals surface area contributed by atoms with Gasteiger partial charge in [0.15, 0.2) is 0 Å². The third kappa shape index (κ3) is 3.95. The summed E-state index contributed by atoms with van der Waals surface area (Å²) in [4.78, 5) is 2.41. The van der Waals surface area contributed by atoms with Crippen LogP contribution in [0.3, 0.4) is 0 Å². The van der Waals surface area contributed by atoms with Crippen LogP contribution in [-0.4, -0.2) is 32.6 Å². The fourth-order valence-corrected chi connectivity index (χ4v) is 2.45. The molecular weight excluding hydrogens is 236 g/mol. The molecule has 0 aromatic heterocycles.